The number of hydrogen-bond acceptors (Lipinski definition) is 4. The van der Waals surface area contributed by atoms with Gasteiger partial charge in [-0.2, -0.15) is 0 Å². The zero-order valence-corrected chi connectivity index (χ0v) is 12.9. The van der Waals surface area contributed by atoms with Gasteiger partial charge in [0.2, 0.25) is 0 Å². The molecule has 0 aliphatic heterocycles. The van der Waals surface area contributed by atoms with Gasteiger partial charge in [0.1, 0.15) is 23.9 Å². The number of thioether (sulfide) groups is 1. The smallest absolute Gasteiger partial charge is 0.131 e. The molecule has 0 bridgehead atoms. The van der Waals surface area contributed by atoms with Crippen molar-refractivity contribution in [3.8, 4) is 11.5 Å². The molecule has 5 heteroatoms. The van der Waals surface area contributed by atoms with Gasteiger partial charge in [0.15, 0.2) is 0 Å². The molecule has 0 aliphatic rings. The topological polar surface area (TPSA) is 68.3 Å². The third-order valence-corrected chi connectivity index (χ3v) is 3.79. The molecule has 0 saturated heterocycles. The Labute approximate surface area is 128 Å². The quantitative estimate of drug-likeness (QED) is 0.488. The van der Waals surface area contributed by atoms with Crippen LogP contribution in [0.15, 0.2) is 47.4 Å². The number of hydrogen-bond donors (Lipinski definition) is 2. The first kappa shape index (κ1) is 15.3. The molecule has 0 fully saturated rings. The molecule has 4 nitrogen and oxygen atoms in total. The molecule has 2 rings (SSSR count). The highest BCUT2D eigenvalue weighted by Gasteiger charge is 2.12. The van der Waals surface area contributed by atoms with Crippen molar-refractivity contribution in [2.24, 2.45) is 5.73 Å². The Morgan fingerprint density at radius 3 is 2.67 bits per heavy atom. The summed E-state index contributed by atoms with van der Waals surface area (Å²) in [7, 11) is 1.63. The number of nitrogens with one attached hydrogen (secondary N) is 1. The zero-order valence-electron chi connectivity index (χ0n) is 12.1. The third kappa shape index (κ3) is 3.70. The van der Waals surface area contributed by atoms with Gasteiger partial charge < -0.3 is 15.2 Å². The summed E-state index contributed by atoms with van der Waals surface area (Å²) in [5.41, 5.74) is 7.32. The number of ether oxygens (including phenoxy) is 2. The van der Waals surface area contributed by atoms with E-state index in [-0.39, 0.29) is 5.84 Å². The number of benzene rings is 2. The highest BCUT2D eigenvalue weighted by molar-refractivity contribution is 7.98. The van der Waals surface area contributed by atoms with Crippen molar-refractivity contribution in [3.05, 3.63) is 53.6 Å². The zero-order chi connectivity index (χ0) is 15.2. The molecule has 0 radical (unpaired) electrons. The van der Waals surface area contributed by atoms with Gasteiger partial charge >= 0.3 is 0 Å². The second-order valence-corrected chi connectivity index (χ2v) is 5.24. The van der Waals surface area contributed by atoms with E-state index in [1.54, 1.807) is 18.9 Å². The largest absolute Gasteiger partial charge is 0.497 e. The lowest BCUT2D eigenvalue weighted by Crippen LogP contribution is -2.14. The number of nitrogen functional groups attached to an aromatic ring is 1. The number of rotatable bonds is 6. The van der Waals surface area contributed by atoms with Crippen molar-refractivity contribution in [2.45, 2.75) is 11.5 Å². The van der Waals surface area contributed by atoms with Crippen LogP contribution in [0.1, 0.15) is 11.1 Å². The van der Waals surface area contributed by atoms with E-state index in [9.17, 15) is 0 Å². The molecular formula is C16H18N2O2S. The summed E-state index contributed by atoms with van der Waals surface area (Å²) in [6.07, 6.45) is 1.95. The lowest BCUT2D eigenvalue weighted by atomic mass is 10.2. The van der Waals surface area contributed by atoms with Gasteiger partial charge in [-0.25, -0.2) is 0 Å². The Hall–Kier alpha value is -2.14. The highest BCUT2D eigenvalue weighted by atomic mass is 32.2. The van der Waals surface area contributed by atoms with E-state index in [4.69, 9.17) is 20.6 Å². The Balaban J connectivity index is 2.21. The molecule has 0 atom stereocenters. The average molecular weight is 302 g/mol. The maximum absolute atomic E-state index is 7.73. The van der Waals surface area contributed by atoms with E-state index < -0.39 is 0 Å². The Kier molecular flexibility index (Phi) is 5.11. The molecule has 0 amide bonds. The van der Waals surface area contributed by atoms with Crippen LogP contribution in [0.3, 0.4) is 0 Å². The molecule has 0 unspecified atom stereocenters. The van der Waals surface area contributed by atoms with Crippen molar-refractivity contribution >= 4 is 17.6 Å². The van der Waals surface area contributed by atoms with Crippen molar-refractivity contribution in [3.63, 3.8) is 0 Å². The van der Waals surface area contributed by atoms with Crippen LogP contribution in [0.4, 0.5) is 0 Å². The minimum absolute atomic E-state index is 0.0144. The van der Waals surface area contributed by atoms with Crippen LogP contribution in [0.5, 0.6) is 11.5 Å². The average Bonchev–Trinajstić information content (AvgIpc) is 2.52. The first-order chi connectivity index (χ1) is 10.2. The van der Waals surface area contributed by atoms with E-state index in [0.717, 1.165) is 16.2 Å². The number of amidine groups is 1. The summed E-state index contributed by atoms with van der Waals surface area (Å²) in [6.45, 7) is 0.398. The fraction of sp³-hybridized carbons (Fsp3) is 0.188. The number of nitrogens with two attached hydrogens (primary N) is 1. The molecule has 110 valence electrons. The van der Waals surface area contributed by atoms with Crippen LogP contribution in [0, 0.1) is 5.41 Å². The van der Waals surface area contributed by atoms with Crippen LogP contribution >= 0.6 is 11.8 Å². The van der Waals surface area contributed by atoms with Gasteiger partial charge in [0.25, 0.3) is 0 Å². The van der Waals surface area contributed by atoms with Crippen LogP contribution in [0.2, 0.25) is 0 Å². The molecule has 0 spiro atoms. The first-order valence-corrected chi connectivity index (χ1v) is 7.65. The van der Waals surface area contributed by atoms with Crippen molar-refractivity contribution in [2.75, 3.05) is 13.4 Å². The van der Waals surface area contributed by atoms with Crippen molar-refractivity contribution in [1.29, 1.82) is 5.41 Å². The molecule has 3 N–H and O–H groups in total. The van der Waals surface area contributed by atoms with Gasteiger partial charge in [-0.3, -0.25) is 5.41 Å². The Morgan fingerprint density at radius 1 is 1.24 bits per heavy atom. The van der Waals surface area contributed by atoms with Crippen LogP contribution in [-0.2, 0) is 6.61 Å². The van der Waals surface area contributed by atoms with Gasteiger partial charge in [-0.15, -0.1) is 11.8 Å². The van der Waals surface area contributed by atoms with Crippen LogP contribution in [-0.4, -0.2) is 19.2 Å². The van der Waals surface area contributed by atoms with Crippen molar-refractivity contribution < 1.29 is 9.47 Å². The van der Waals surface area contributed by atoms with Crippen molar-refractivity contribution in [1.82, 2.24) is 0 Å². The summed E-state index contributed by atoms with van der Waals surface area (Å²) in [4.78, 5) is 0.936. The Morgan fingerprint density at radius 2 is 2.00 bits per heavy atom. The van der Waals surface area contributed by atoms with E-state index in [2.05, 4.69) is 0 Å². The van der Waals surface area contributed by atoms with Gasteiger partial charge in [-0.1, -0.05) is 18.2 Å². The standard InChI is InChI=1S/C16H18N2O2S/c1-19-12-6-3-5-11(9-12)10-20-13-7-4-8-14(21-2)15(13)16(17)18/h3-9H,10H2,1-2H3,(H3,17,18). The molecule has 21 heavy (non-hydrogen) atoms. The summed E-state index contributed by atoms with van der Waals surface area (Å²) in [6, 6.07) is 13.4. The summed E-state index contributed by atoms with van der Waals surface area (Å²) in [5.74, 6) is 1.43. The predicted octanol–water partition coefficient (Wildman–Crippen LogP) is 3.28. The third-order valence-electron chi connectivity index (χ3n) is 3.01. The maximum atomic E-state index is 7.73. The van der Waals surface area contributed by atoms with E-state index >= 15 is 0 Å². The highest BCUT2D eigenvalue weighted by Crippen LogP contribution is 2.29. The summed E-state index contributed by atoms with van der Waals surface area (Å²) in [5, 5.41) is 7.73. The minimum Gasteiger partial charge on any atom is -0.497 e. The lowest BCUT2D eigenvalue weighted by Gasteiger charge is -2.14. The maximum Gasteiger partial charge on any atom is 0.131 e. The SMILES string of the molecule is COc1cccc(COc2cccc(SC)c2C(=N)N)c1. The molecule has 0 saturated carbocycles. The first-order valence-electron chi connectivity index (χ1n) is 6.43. The van der Waals surface area contributed by atoms with E-state index in [0.29, 0.717) is 17.9 Å². The minimum atomic E-state index is 0.0144. The molecule has 0 aliphatic carbocycles. The molecular weight excluding hydrogens is 284 g/mol. The van der Waals surface area contributed by atoms with Crippen LogP contribution < -0.4 is 15.2 Å². The second kappa shape index (κ2) is 7.04. The monoisotopic (exact) mass is 302 g/mol. The van der Waals surface area contributed by atoms with Gasteiger partial charge in [0.05, 0.1) is 12.7 Å². The molecule has 0 aromatic heterocycles. The normalized spacial score (nSPS) is 10.2. The second-order valence-electron chi connectivity index (χ2n) is 4.39. The van der Waals surface area contributed by atoms with E-state index in [1.165, 1.54) is 0 Å². The van der Waals surface area contributed by atoms with Gasteiger partial charge in [-0.05, 0) is 36.1 Å². The van der Waals surface area contributed by atoms with Gasteiger partial charge in [0, 0.05) is 4.90 Å². The molecule has 0 heterocycles. The predicted molar refractivity (Wildman–Crippen MR) is 86.6 cm³/mol. The summed E-state index contributed by atoms with van der Waals surface area (Å²) >= 11 is 1.54. The lowest BCUT2D eigenvalue weighted by molar-refractivity contribution is 0.304. The van der Waals surface area contributed by atoms with Crippen LogP contribution in [0.25, 0.3) is 0 Å². The summed E-state index contributed by atoms with van der Waals surface area (Å²) < 4.78 is 11.0. The molecule has 2 aromatic rings. The fourth-order valence-electron chi connectivity index (χ4n) is 1.99. The molecule has 2 aromatic carbocycles. The number of methoxy groups -OCH3 is 1. The fourth-order valence-corrected chi connectivity index (χ4v) is 2.62. The Bertz CT molecular complexity index is 644. The van der Waals surface area contributed by atoms with E-state index in [1.807, 2.05) is 48.7 Å².